The highest BCUT2D eigenvalue weighted by atomic mass is 32.2. The molecule has 0 saturated carbocycles. The predicted octanol–water partition coefficient (Wildman–Crippen LogP) is 6.47. The maximum absolute atomic E-state index is 12.0. The first-order valence-electron chi connectivity index (χ1n) is 11.3. The van der Waals surface area contributed by atoms with Gasteiger partial charge in [-0.1, -0.05) is 76.7 Å². The smallest absolute Gasteiger partial charge is 0.286 e. The van der Waals surface area contributed by atoms with Gasteiger partial charge in [-0.05, 0) is 82.4 Å². The Morgan fingerprint density at radius 3 is 2.19 bits per heavy atom. The quantitative estimate of drug-likeness (QED) is 0.599. The van der Waals surface area contributed by atoms with Gasteiger partial charge in [0.1, 0.15) is 0 Å². The first-order chi connectivity index (χ1) is 14.5. The topological polar surface area (TPSA) is 46.2 Å². The summed E-state index contributed by atoms with van der Waals surface area (Å²) in [5, 5.41) is 1.83. The summed E-state index contributed by atoms with van der Waals surface area (Å²) >= 11 is 1.10. The van der Waals surface area contributed by atoms with Crippen LogP contribution in [0.15, 0.2) is 30.3 Å². The van der Waals surface area contributed by atoms with Gasteiger partial charge in [0, 0.05) is 0 Å². The van der Waals surface area contributed by atoms with Crippen LogP contribution in [0.3, 0.4) is 0 Å². The van der Waals surface area contributed by atoms with Crippen LogP contribution in [0.5, 0.6) is 0 Å². The third-order valence-electron chi connectivity index (χ3n) is 7.23. The molecule has 0 aromatic heterocycles. The van der Waals surface area contributed by atoms with Gasteiger partial charge in [-0.15, -0.1) is 0 Å². The molecule has 0 radical (unpaired) electrons. The molecule has 3 nitrogen and oxygen atoms in total. The zero-order valence-corrected chi connectivity index (χ0v) is 20.3. The van der Waals surface area contributed by atoms with Gasteiger partial charge in [-0.25, -0.2) is 0 Å². The number of hydrogen-bond acceptors (Lipinski definition) is 3. The summed E-state index contributed by atoms with van der Waals surface area (Å²) in [6.45, 7) is 13.9. The lowest BCUT2D eigenvalue weighted by atomic mass is 9.62. The van der Waals surface area contributed by atoms with E-state index in [0.717, 1.165) is 23.7 Å². The number of fused-ring (bicyclic) bond motifs is 1. The minimum atomic E-state index is -0.323. The van der Waals surface area contributed by atoms with E-state index < -0.39 is 0 Å². The molecule has 1 fully saturated rings. The minimum Gasteiger partial charge on any atom is -0.286 e. The Labute approximate surface area is 190 Å². The van der Waals surface area contributed by atoms with E-state index in [0.29, 0.717) is 6.42 Å². The van der Waals surface area contributed by atoms with Gasteiger partial charge in [-0.3, -0.25) is 14.9 Å². The van der Waals surface area contributed by atoms with E-state index in [2.05, 4.69) is 77.2 Å². The van der Waals surface area contributed by atoms with Gasteiger partial charge < -0.3 is 0 Å². The van der Waals surface area contributed by atoms with Crippen LogP contribution in [-0.2, 0) is 28.5 Å². The van der Waals surface area contributed by atoms with E-state index in [1.54, 1.807) is 0 Å². The molecule has 1 unspecified atom stereocenters. The molecule has 1 atom stereocenters. The Balaban J connectivity index is 1.74. The monoisotopic (exact) mass is 435 g/mol. The molecule has 0 spiro atoms. The number of aryl methyl sites for hydroxylation is 2. The molecule has 1 aliphatic heterocycles. The molecular formula is C27H33NO2S. The minimum absolute atomic E-state index is 0.174. The van der Waals surface area contributed by atoms with Crippen LogP contribution in [0.2, 0.25) is 0 Å². The fraction of sp³-hybridized carbons (Fsp3) is 0.481. The van der Waals surface area contributed by atoms with Crippen molar-refractivity contribution in [3.05, 3.63) is 58.1 Å². The number of imide groups is 1. The summed E-state index contributed by atoms with van der Waals surface area (Å²) in [6, 6.07) is 11.4. The average Bonchev–Trinajstić information content (AvgIpc) is 3.02. The Morgan fingerprint density at radius 2 is 1.61 bits per heavy atom. The molecule has 4 heteroatoms. The standard InChI is InChI=1S/C27H33NO2S/c1-7-18-13-17(14-23-24(29)28-25(30)31-23)8-9-19(18)20-15-22-21(12-16(20)2)26(3,4)10-11-27(22,5)6/h8-9,12-13,15,23H,7,10-11,14H2,1-6H3,(H,28,29,30). The maximum Gasteiger partial charge on any atom is 0.286 e. The molecule has 31 heavy (non-hydrogen) atoms. The molecule has 1 saturated heterocycles. The van der Waals surface area contributed by atoms with E-state index in [1.807, 2.05) is 0 Å². The van der Waals surface area contributed by atoms with Gasteiger partial charge in [0.25, 0.3) is 5.24 Å². The van der Waals surface area contributed by atoms with Crippen molar-refractivity contribution in [2.75, 3.05) is 0 Å². The number of carbonyl (C=O) groups excluding carboxylic acids is 2. The molecule has 4 rings (SSSR count). The SMILES string of the molecule is CCc1cc(CC2SC(=O)NC2=O)ccc1-c1cc2c(cc1C)C(C)(C)CCC2(C)C. The van der Waals surface area contributed by atoms with Gasteiger partial charge in [0.2, 0.25) is 5.91 Å². The molecule has 164 valence electrons. The van der Waals surface area contributed by atoms with Gasteiger partial charge >= 0.3 is 0 Å². The van der Waals surface area contributed by atoms with Gasteiger partial charge in [0.05, 0.1) is 5.25 Å². The van der Waals surface area contributed by atoms with E-state index in [-0.39, 0.29) is 27.2 Å². The van der Waals surface area contributed by atoms with Crippen molar-refractivity contribution in [3.8, 4) is 11.1 Å². The Hall–Kier alpha value is -2.07. The van der Waals surface area contributed by atoms with Crippen molar-refractivity contribution < 1.29 is 9.59 Å². The predicted molar refractivity (Wildman–Crippen MR) is 130 cm³/mol. The third-order valence-corrected chi connectivity index (χ3v) is 8.21. The summed E-state index contributed by atoms with van der Waals surface area (Å²) in [7, 11) is 0. The van der Waals surface area contributed by atoms with Gasteiger partial charge in [-0.2, -0.15) is 0 Å². The zero-order valence-electron chi connectivity index (χ0n) is 19.5. The van der Waals surface area contributed by atoms with Crippen LogP contribution in [0.4, 0.5) is 4.79 Å². The number of amides is 2. The molecule has 2 amide bonds. The summed E-state index contributed by atoms with van der Waals surface area (Å²) in [6.07, 6.45) is 3.93. The van der Waals surface area contributed by atoms with E-state index in [1.165, 1.54) is 46.2 Å². The lowest BCUT2D eigenvalue weighted by molar-refractivity contribution is -0.118. The van der Waals surface area contributed by atoms with Gasteiger partial charge in [0.15, 0.2) is 0 Å². The van der Waals surface area contributed by atoms with Crippen LogP contribution in [0.1, 0.15) is 75.3 Å². The van der Waals surface area contributed by atoms with Crippen molar-refractivity contribution in [2.45, 2.75) is 83.3 Å². The highest BCUT2D eigenvalue weighted by Crippen LogP contribution is 2.48. The highest BCUT2D eigenvalue weighted by molar-refractivity contribution is 8.15. The third kappa shape index (κ3) is 4.07. The number of benzene rings is 2. The Bertz CT molecular complexity index is 1070. The lowest BCUT2D eigenvalue weighted by Gasteiger charge is -2.42. The largest absolute Gasteiger partial charge is 0.286 e. The van der Waals surface area contributed by atoms with Crippen molar-refractivity contribution in [2.24, 2.45) is 0 Å². The zero-order chi connectivity index (χ0) is 22.6. The number of thioether (sulfide) groups is 1. The Kier molecular flexibility index (Phi) is 5.58. The van der Waals surface area contributed by atoms with E-state index in [9.17, 15) is 9.59 Å². The summed E-state index contributed by atoms with van der Waals surface area (Å²) in [4.78, 5) is 23.5. The summed E-state index contributed by atoms with van der Waals surface area (Å²) in [5.41, 5.74) is 9.69. The number of rotatable bonds is 4. The first-order valence-corrected chi connectivity index (χ1v) is 12.2. The van der Waals surface area contributed by atoms with Crippen molar-refractivity contribution in [3.63, 3.8) is 0 Å². The fourth-order valence-electron chi connectivity index (χ4n) is 5.08. The highest BCUT2D eigenvalue weighted by Gasteiger charge is 2.37. The molecule has 2 aromatic rings. The second kappa shape index (κ2) is 7.81. The molecule has 2 aliphatic rings. The van der Waals surface area contributed by atoms with E-state index in [4.69, 9.17) is 0 Å². The van der Waals surface area contributed by atoms with Crippen LogP contribution in [0.25, 0.3) is 11.1 Å². The van der Waals surface area contributed by atoms with Crippen molar-refractivity contribution in [1.29, 1.82) is 0 Å². The second-order valence-corrected chi connectivity index (χ2v) is 11.6. The molecule has 1 heterocycles. The lowest BCUT2D eigenvalue weighted by Crippen LogP contribution is -2.34. The summed E-state index contributed by atoms with van der Waals surface area (Å²) < 4.78 is 0. The van der Waals surface area contributed by atoms with E-state index >= 15 is 0 Å². The van der Waals surface area contributed by atoms with Crippen LogP contribution in [-0.4, -0.2) is 16.4 Å². The number of carbonyl (C=O) groups is 2. The molecule has 1 N–H and O–H groups in total. The average molecular weight is 436 g/mol. The number of hydrogen-bond donors (Lipinski definition) is 1. The second-order valence-electron chi connectivity index (χ2n) is 10.4. The van der Waals surface area contributed by atoms with Crippen molar-refractivity contribution >= 4 is 22.9 Å². The molecular weight excluding hydrogens is 402 g/mol. The fourth-order valence-corrected chi connectivity index (χ4v) is 5.94. The van der Waals surface area contributed by atoms with Crippen LogP contribution < -0.4 is 5.32 Å². The summed E-state index contributed by atoms with van der Waals surface area (Å²) in [5.74, 6) is -0.174. The normalized spacial score (nSPS) is 21.7. The number of nitrogens with one attached hydrogen (secondary N) is 1. The maximum atomic E-state index is 12.0. The van der Waals surface area contributed by atoms with Crippen molar-refractivity contribution in [1.82, 2.24) is 5.32 Å². The molecule has 1 aliphatic carbocycles. The first kappa shape index (κ1) is 22.1. The molecule has 0 bridgehead atoms. The Morgan fingerprint density at radius 1 is 0.968 bits per heavy atom. The molecule has 2 aromatic carbocycles. The van der Waals surface area contributed by atoms with Crippen LogP contribution in [0, 0.1) is 6.92 Å². The van der Waals surface area contributed by atoms with Crippen LogP contribution >= 0.6 is 11.8 Å².